The molecule has 1 aliphatic heterocycles. The summed E-state index contributed by atoms with van der Waals surface area (Å²) in [6.45, 7) is 3.57. The van der Waals surface area contributed by atoms with E-state index in [1.807, 2.05) is 27.0 Å². The maximum Gasteiger partial charge on any atom is 0.245 e. The summed E-state index contributed by atoms with van der Waals surface area (Å²) in [7, 11) is 0. The molecule has 1 aliphatic carbocycles. The highest BCUT2D eigenvalue weighted by molar-refractivity contribution is 7.09. The summed E-state index contributed by atoms with van der Waals surface area (Å²) >= 11 is 1.62. The van der Waals surface area contributed by atoms with Gasteiger partial charge in [-0.15, -0.1) is 11.3 Å². The van der Waals surface area contributed by atoms with E-state index in [0.717, 1.165) is 17.0 Å². The molecule has 1 saturated carbocycles. The smallest absolute Gasteiger partial charge is 0.245 e. The summed E-state index contributed by atoms with van der Waals surface area (Å²) in [6, 6.07) is 3.56. The first-order chi connectivity index (χ1) is 11.6. The van der Waals surface area contributed by atoms with Crippen molar-refractivity contribution in [3.05, 3.63) is 40.6 Å². The first kappa shape index (κ1) is 15.4. The van der Waals surface area contributed by atoms with E-state index in [1.165, 1.54) is 0 Å². The van der Waals surface area contributed by atoms with E-state index in [-0.39, 0.29) is 17.7 Å². The predicted octanol–water partition coefficient (Wildman–Crippen LogP) is 1.80. The van der Waals surface area contributed by atoms with Crippen LogP contribution in [-0.2, 0) is 22.7 Å². The number of thiophene rings is 1. The molecule has 0 bridgehead atoms. The van der Waals surface area contributed by atoms with Crippen LogP contribution in [0.15, 0.2) is 30.0 Å². The highest BCUT2D eigenvalue weighted by Gasteiger charge is 2.43. The van der Waals surface area contributed by atoms with Crippen molar-refractivity contribution < 1.29 is 9.59 Å². The number of aromatic nitrogens is 2. The van der Waals surface area contributed by atoms with Crippen LogP contribution in [0.5, 0.6) is 0 Å². The van der Waals surface area contributed by atoms with E-state index >= 15 is 0 Å². The number of fused-ring (bicyclic) bond motifs is 1. The van der Waals surface area contributed by atoms with Gasteiger partial charge in [-0.2, -0.15) is 0 Å². The number of amides is 2. The number of rotatable bonds is 4. The SMILES string of the molecule is C[C@@H]1C[C@H]1C(=O)N1Cc2cncn2[C@H](C(=O)NCc2cccs2)C1. The topological polar surface area (TPSA) is 67.2 Å². The van der Waals surface area contributed by atoms with Gasteiger partial charge in [-0.1, -0.05) is 13.0 Å². The Labute approximate surface area is 144 Å². The summed E-state index contributed by atoms with van der Waals surface area (Å²) in [5, 5.41) is 4.98. The fourth-order valence-electron chi connectivity index (χ4n) is 3.27. The van der Waals surface area contributed by atoms with Gasteiger partial charge in [0.2, 0.25) is 11.8 Å². The first-order valence-corrected chi connectivity index (χ1v) is 9.11. The lowest BCUT2D eigenvalue weighted by atomic mass is 10.1. The number of nitrogens with zero attached hydrogens (tertiary/aromatic N) is 3. The second-order valence-corrected chi connectivity index (χ2v) is 7.68. The lowest BCUT2D eigenvalue weighted by Crippen LogP contribution is -2.46. The van der Waals surface area contributed by atoms with Crippen LogP contribution < -0.4 is 5.32 Å². The molecule has 24 heavy (non-hydrogen) atoms. The van der Waals surface area contributed by atoms with E-state index < -0.39 is 6.04 Å². The Bertz CT molecular complexity index is 754. The first-order valence-electron chi connectivity index (χ1n) is 8.23. The van der Waals surface area contributed by atoms with Crippen molar-refractivity contribution in [3.8, 4) is 0 Å². The van der Waals surface area contributed by atoms with Crippen molar-refractivity contribution in [2.45, 2.75) is 32.5 Å². The fraction of sp³-hybridized carbons (Fsp3) is 0.471. The van der Waals surface area contributed by atoms with Crippen LogP contribution in [0.3, 0.4) is 0 Å². The standard InChI is InChI=1S/C17H20N4O2S/c1-11-5-14(11)17(23)20-8-12-6-18-10-21(12)15(9-20)16(22)19-7-13-3-2-4-24-13/h2-4,6,10-11,14-15H,5,7-9H2,1H3,(H,19,22)/t11-,14-,15+/m1/s1. The van der Waals surface area contributed by atoms with Crippen LogP contribution in [0, 0.1) is 11.8 Å². The zero-order chi connectivity index (χ0) is 16.7. The number of carbonyl (C=O) groups is 2. The second kappa shape index (κ2) is 6.05. The molecule has 3 heterocycles. The molecule has 7 heteroatoms. The van der Waals surface area contributed by atoms with Crippen LogP contribution >= 0.6 is 11.3 Å². The van der Waals surface area contributed by atoms with Crippen molar-refractivity contribution in [1.29, 1.82) is 0 Å². The molecule has 0 spiro atoms. The molecule has 0 aromatic carbocycles. The molecule has 6 nitrogen and oxygen atoms in total. The quantitative estimate of drug-likeness (QED) is 0.920. The summed E-state index contributed by atoms with van der Waals surface area (Å²) in [5.41, 5.74) is 0.916. The van der Waals surface area contributed by atoms with E-state index in [0.29, 0.717) is 25.6 Å². The van der Waals surface area contributed by atoms with Gasteiger partial charge in [0, 0.05) is 17.0 Å². The van der Waals surface area contributed by atoms with Crippen molar-refractivity contribution in [2.24, 2.45) is 11.8 Å². The largest absolute Gasteiger partial charge is 0.349 e. The lowest BCUT2D eigenvalue weighted by molar-refractivity contribution is -0.136. The van der Waals surface area contributed by atoms with Crippen LogP contribution in [0.2, 0.25) is 0 Å². The van der Waals surface area contributed by atoms with Gasteiger partial charge in [0.1, 0.15) is 6.04 Å². The minimum Gasteiger partial charge on any atom is -0.349 e. The monoisotopic (exact) mass is 344 g/mol. The van der Waals surface area contributed by atoms with Crippen molar-refractivity contribution in [2.75, 3.05) is 6.54 Å². The summed E-state index contributed by atoms with van der Waals surface area (Å²) in [6.07, 6.45) is 4.39. The average Bonchev–Trinajstić information content (AvgIpc) is 3.01. The minimum atomic E-state index is -0.408. The zero-order valence-electron chi connectivity index (χ0n) is 13.5. The fourth-order valence-corrected chi connectivity index (χ4v) is 3.92. The van der Waals surface area contributed by atoms with Gasteiger partial charge < -0.3 is 14.8 Å². The molecule has 2 amide bonds. The second-order valence-electron chi connectivity index (χ2n) is 6.64. The van der Waals surface area contributed by atoms with Gasteiger partial charge in [-0.3, -0.25) is 9.59 Å². The van der Waals surface area contributed by atoms with Crippen molar-refractivity contribution in [3.63, 3.8) is 0 Å². The molecule has 126 valence electrons. The molecule has 1 fully saturated rings. The van der Waals surface area contributed by atoms with Crippen molar-refractivity contribution in [1.82, 2.24) is 19.8 Å². The van der Waals surface area contributed by atoms with E-state index in [1.54, 1.807) is 23.9 Å². The van der Waals surface area contributed by atoms with Crippen LogP contribution in [0.25, 0.3) is 0 Å². The Balaban J connectivity index is 1.48. The van der Waals surface area contributed by atoms with Crippen molar-refractivity contribution >= 4 is 23.2 Å². The average molecular weight is 344 g/mol. The lowest BCUT2D eigenvalue weighted by Gasteiger charge is -2.34. The molecule has 0 unspecified atom stereocenters. The highest BCUT2D eigenvalue weighted by Crippen LogP contribution is 2.40. The van der Waals surface area contributed by atoms with Gasteiger partial charge in [0.05, 0.1) is 31.7 Å². The van der Waals surface area contributed by atoms with Crippen LogP contribution in [-0.4, -0.2) is 32.8 Å². The molecule has 2 aromatic heterocycles. The maximum atomic E-state index is 12.7. The number of carbonyl (C=O) groups excluding carboxylic acids is 2. The molecular formula is C17H20N4O2S. The minimum absolute atomic E-state index is 0.0657. The Morgan fingerprint density at radius 2 is 2.29 bits per heavy atom. The van der Waals surface area contributed by atoms with Crippen LogP contribution in [0.4, 0.5) is 0 Å². The molecule has 2 aromatic rings. The van der Waals surface area contributed by atoms with Crippen LogP contribution in [0.1, 0.15) is 30.0 Å². The number of nitrogens with one attached hydrogen (secondary N) is 1. The number of imidazole rings is 1. The molecular weight excluding hydrogens is 324 g/mol. The van der Waals surface area contributed by atoms with Gasteiger partial charge in [-0.05, 0) is 23.8 Å². The number of hydrogen-bond acceptors (Lipinski definition) is 4. The molecule has 4 rings (SSSR count). The van der Waals surface area contributed by atoms with E-state index in [4.69, 9.17) is 0 Å². The Hall–Kier alpha value is -2.15. The third kappa shape index (κ3) is 2.84. The Morgan fingerprint density at radius 3 is 3.00 bits per heavy atom. The molecule has 1 N–H and O–H groups in total. The van der Waals surface area contributed by atoms with Gasteiger partial charge in [0.25, 0.3) is 0 Å². The molecule has 2 aliphatic rings. The summed E-state index contributed by atoms with van der Waals surface area (Å²) < 4.78 is 1.89. The highest BCUT2D eigenvalue weighted by atomic mass is 32.1. The Kier molecular flexibility index (Phi) is 3.88. The third-order valence-corrected chi connectivity index (χ3v) is 5.76. The maximum absolute atomic E-state index is 12.7. The Morgan fingerprint density at radius 1 is 1.46 bits per heavy atom. The molecule has 0 radical (unpaired) electrons. The normalized spacial score (nSPS) is 25.2. The van der Waals surface area contributed by atoms with E-state index in [9.17, 15) is 9.59 Å². The zero-order valence-corrected chi connectivity index (χ0v) is 14.3. The van der Waals surface area contributed by atoms with Gasteiger partial charge in [0.15, 0.2) is 0 Å². The summed E-state index contributed by atoms with van der Waals surface area (Å²) in [5.74, 6) is 0.708. The summed E-state index contributed by atoms with van der Waals surface area (Å²) in [4.78, 5) is 32.4. The molecule has 3 atom stereocenters. The predicted molar refractivity (Wildman–Crippen MR) is 90.1 cm³/mol. The van der Waals surface area contributed by atoms with Gasteiger partial charge >= 0.3 is 0 Å². The molecule has 0 saturated heterocycles. The van der Waals surface area contributed by atoms with Gasteiger partial charge in [-0.25, -0.2) is 4.98 Å². The number of hydrogen-bond donors (Lipinski definition) is 1. The van der Waals surface area contributed by atoms with E-state index in [2.05, 4.69) is 17.2 Å². The third-order valence-electron chi connectivity index (χ3n) is 4.89.